The predicted molar refractivity (Wildman–Crippen MR) is 107 cm³/mol. The highest BCUT2D eigenvalue weighted by Crippen LogP contribution is 2.18. The van der Waals surface area contributed by atoms with Crippen molar-refractivity contribution in [1.29, 1.82) is 0 Å². The van der Waals surface area contributed by atoms with E-state index in [0.29, 0.717) is 37.0 Å². The Bertz CT molecular complexity index is 929. The van der Waals surface area contributed by atoms with E-state index in [-0.39, 0.29) is 5.91 Å². The van der Waals surface area contributed by atoms with Gasteiger partial charge in [0.05, 0.1) is 11.3 Å². The van der Waals surface area contributed by atoms with Gasteiger partial charge in [-0.1, -0.05) is 0 Å². The number of hydrogen-bond acceptors (Lipinski definition) is 7. The van der Waals surface area contributed by atoms with E-state index < -0.39 is 0 Å². The number of hydrogen-bond donors (Lipinski definition) is 1. The quantitative estimate of drug-likeness (QED) is 0.746. The molecule has 3 aromatic heterocycles. The maximum Gasteiger partial charge on any atom is 0.255 e. The van der Waals surface area contributed by atoms with Crippen molar-refractivity contribution >= 4 is 17.7 Å². The molecule has 0 unspecified atom stereocenters. The number of nitrogens with zero attached hydrogens (tertiary/aromatic N) is 6. The van der Waals surface area contributed by atoms with Crippen molar-refractivity contribution < 1.29 is 4.79 Å². The highest BCUT2D eigenvalue weighted by Gasteiger charge is 2.21. The predicted octanol–water partition coefficient (Wildman–Crippen LogP) is 1.87. The summed E-state index contributed by atoms with van der Waals surface area (Å²) in [7, 11) is 0. The zero-order valence-corrected chi connectivity index (χ0v) is 15.4. The van der Waals surface area contributed by atoms with Gasteiger partial charge in [-0.3, -0.25) is 9.78 Å². The van der Waals surface area contributed by atoms with Gasteiger partial charge in [0.1, 0.15) is 5.82 Å². The normalized spacial score (nSPS) is 14.6. The van der Waals surface area contributed by atoms with E-state index in [1.54, 1.807) is 36.9 Å². The van der Waals surface area contributed by atoms with Gasteiger partial charge < -0.3 is 15.5 Å². The first-order chi connectivity index (χ1) is 13.7. The summed E-state index contributed by atoms with van der Waals surface area (Å²) in [5, 5.41) is 0. The minimum atomic E-state index is -0.00897. The Kier molecular flexibility index (Phi) is 5.09. The fourth-order valence-electron chi connectivity index (χ4n) is 3.21. The van der Waals surface area contributed by atoms with Gasteiger partial charge in [0.15, 0.2) is 0 Å². The summed E-state index contributed by atoms with van der Waals surface area (Å²) in [6.45, 7) is 2.86. The largest absolute Gasteiger partial charge is 0.384 e. The highest BCUT2D eigenvalue weighted by atomic mass is 16.2. The van der Waals surface area contributed by atoms with Gasteiger partial charge in [-0.05, 0) is 36.8 Å². The van der Waals surface area contributed by atoms with Gasteiger partial charge in [0.2, 0.25) is 5.95 Å². The van der Waals surface area contributed by atoms with E-state index in [1.807, 2.05) is 23.1 Å². The second kappa shape index (κ2) is 7.99. The van der Waals surface area contributed by atoms with Crippen LogP contribution in [0.3, 0.4) is 0 Å². The summed E-state index contributed by atoms with van der Waals surface area (Å²) in [4.78, 5) is 34.0. The number of nitrogens with two attached hydrogens (primary N) is 1. The van der Waals surface area contributed by atoms with Crippen LogP contribution in [-0.4, -0.2) is 56.9 Å². The first-order valence-electron chi connectivity index (χ1n) is 9.20. The summed E-state index contributed by atoms with van der Waals surface area (Å²) in [6.07, 6.45) is 7.64. The van der Waals surface area contributed by atoms with E-state index in [4.69, 9.17) is 5.73 Å². The summed E-state index contributed by atoms with van der Waals surface area (Å²) >= 11 is 0. The van der Waals surface area contributed by atoms with Crippen molar-refractivity contribution in [2.75, 3.05) is 36.8 Å². The minimum Gasteiger partial charge on any atom is -0.384 e. The molecule has 1 saturated heterocycles. The van der Waals surface area contributed by atoms with Crippen LogP contribution in [0, 0.1) is 0 Å². The van der Waals surface area contributed by atoms with Gasteiger partial charge in [0.25, 0.3) is 5.91 Å². The molecule has 4 rings (SSSR count). The van der Waals surface area contributed by atoms with E-state index in [1.165, 1.54) is 0 Å². The maximum absolute atomic E-state index is 12.9. The lowest BCUT2D eigenvalue weighted by Crippen LogP contribution is -2.35. The average Bonchev–Trinajstić information content (AvgIpc) is 3.01. The van der Waals surface area contributed by atoms with Crippen molar-refractivity contribution in [3.8, 4) is 11.3 Å². The number of aromatic nitrogens is 4. The zero-order chi connectivity index (χ0) is 19.3. The van der Waals surface area contributed by atoms with Crippen LogP contribution < -0.4 is 10.6 Å². The van der Waals surface area contributed by atoms with Crippen LogP contribution in [0.2, 0.25) is 0 Å². The molecule has 2 N–H and O–H groups in total. The summed E-state index contributed by atoms with van der Waals surface area (Å²) in [6, 6.07) is 9.04. The molecule has 0 saturated carbocycles. The van der Waals surface area contributed by atoms with Crippen molar-refractivity contribution in [2.45, 2.75) is 6.42 Å². The van der Waals surface area contributed by atoms with Crippen molar-refractivity contribution in [3.05, 3.63) is 60.7 Å². The topological polar surface area (TPSA) is 101 Å². The number of rotatable bonds is 3. The average molecular weight is 375 g/mol. The van der Waals surface area contributed by atoms with Gasteiger partial charge in [-0.15, -0.1) is 0 Å². The molecule has 1 aliphatic rings. The van der Waals surface area contributed by atoms with Crippen molar-refractivity contribution in [1.82, 2.24) is 24.8 Å². The number of pyridine rings is 2. The van der Waals surface area contributed by atoms with E-state index in [2.05, 4.69) is 24.8 Å². The third kappa shape index (κ3) is 3.90. The molecule has 0 spiro atoms. The number of amides is 1. The molecular weight excluding hydrogens is 354 g/mol. The lowest BCUT2D eigenvalue weighted by Gasteiger charge is -2.22. The third-order valence-corrected chi connectivity index (χ3v) is 4.71. The molecule has 0 aromatic carbocycles. The van der Waals surface area contributed by atoms with Crippen LogP contribution >= 0.6 is 0 Å². The Labute approximate surface area is 163 Å². The van der Waals surface area contributed by atoms with Crippen LogP contribution in [0.4, 0.5) is 11.8 Å². The van der Waals surface area contributed by atoms with Gasteiger partial charge in [-0.25, -0.2) is 15.0 Å². The summed E-state index contributed by atoms with van der Waals surface area (Å²) in [5.41, 5.74) is 7.82. The Morgan fingerprint density at radius 3 is 2.46 bits per heavy atom. The fourth-order valence-corrected chi connectivity index (χ4v) is 3.21. The molecular formula is C20H21N7O. The Morgan fingerprint density at radius 2 is 1.75 bits per heavy atom. The Morgan fingerprint density at radius 1 is 0.893 bits per heavy atom. The molecule has 142 valence electrons. The standard InChI is InChI=1S/C20H21N7O/c21-18-6-4-15(13-25-18)17-5-3-16(14-24-17)19(28)26-9-2-10-27(12-11-26)20-22-7-1-8-23-20/h1,3-8,13-14H,2,9-12H2,(H2,21,25). The molecule has 0 radical (unpaired) electrons. The van der Waals surface area contributed by atoms with Crippen LogP contribution in [0.1, 0.15) is 16.8 Å². The molecule has 0 aliphatic carbocycles. The van der Waals surface area contributed by atoms with Crippen LogP contribution in [-0.2, 0) is 0 Å². The minimum absolute atomic E-state index is 0.00897. The SMILES string of the molecule is Nc1ccc(-c2ccc(C(=O)N3CCCN(c4ncccn4)CC3)cn2)cn1. The third-order valence-electron chi connectivity index (χ3n) is 4.71. The molecule has 1 amide bonds. The van der Waals surface area contributed by atoms with E-state index in [0.717, 1.165) is 24.2 Å². The molecule has 8 heteroatoms. The summed E-state index contributed by atoms with van der Waals surface area (Å²) in [5.74, 6) is 1.16. The molecule has 4 heterocycles. The van der Waals surface area contributed by atoms with Crippen LogP contribution in [0.15, 0.2) is 55.1 Å². The van der Waals surface area contributed by atoms with Crippen LogP contribution in [0.25, 0.3) is 11.3 Å². The van der Waals surface area contributed by atoms with Crippen molar-refractivity contribution in [3.63, 3.8) is 0 Å². The maximum atomic E-state index is 12.9. The fraction of sp³-hybridized carbons (Fsp3) is 0.250. The van der Waals surface area contributed by atoms with Crippen molar-refractivity contribution in [2.24, 2.45) is 0 Å². The molecule has 0 bridgehead atoms. The molecule has 28 heavy (non-hydrogen) atoms. The molecule has 8 nitrogen and oxygen atoms in total. The zero-order valence-electron chi connectivity index (χ0n) is 15.4. The van der Waals surface area contributed by atoms with E-state index >= 15 is 0 Å². The monoisotopic (exact) mass is 375 g/mol. The second-order valence-corrected chi connectivity index (χ2v) is 6.59. The number of carbonyl (C=O) groups is 1. The first-order valence-corrected chi connectivity index (χ1v) is 9.20. The molecule has 3 aromatic rings. The molecule has 1 fully saturated rings. The lowest BCUT2D eigenvalue weighted by molar-refractivity contribution is 0.0766. The number of nitrogen functional groups attached to an aromatic ring is 1. The number of carbonyl (C=O) groups excluding carboxylic acids is 1. The number of anilines is 2. The van der Waals surface area contributed by atoms with Gasteiger partial charge in [0, 0.05) is 56.5 Å². The second-order valence-electron chi connectivity index (χ2n) is 6.59. The molecule has 1 aliphatic heterocycles. The van der Waals surface area contributed by atoms with Gasteiger partial charge >= 0.3 is 0 Å². The molecule has 0 atom stereocenters. The highest BCUT2D eigenvalue weighted by molar-refractivity contribution is 5.94. The van der Waals surface area contributed by atoms with Crippen LogP contribution in [0.5, 0.6) is 0 Å². The van der Waals surface area contributed by atoms with E-state index in [9.17, 15) is 4.79 Å². The Balaban J connectivity index is 1.43. The summed E-state index contributed by atoms with van der Waals surface area (Å²) < 4.78 is 0. The Hall–Kier alpha value is -3.55. The lowest BCUT2D eigenvalue weighted by atomic mass is 10.1. The first kappa shape index (κ1) is 17.8. The van der Waals surface area contributed by atoms with Gasteiger partial charge in [-0.2, -0.15) is 0 Å². The smallest absolute Gasteiger partial charge is 0.255 e.